The maximum atomic E-state index is 18.0. The number of halogens is 3. The second kappa shape index (κ2) is 19.3. The number of ether oxygens (including phenoxy) is 2. The van der Waals surface area contributed by atoms with Gasteiger partial charge < -0.3 is 23.9 Å². The predicted molar refractivity (Wildman–Crippen MR) is 266 cm³/mol. The molecule has 0 amide bonds. The number of thioether (sulfide) groups is 1. The molecule has 4 atom stereocenters. The SMILES string of the molecule is CC(C)(C)[Si](OCCCc1c(Cl)cc2c(cnn2C2CCCCO2)c1-c1ncc2c(N3CCSCC(O)C3)nc(OC[C@@]34CCCN3C[C@H](F)C4)nc2c1F)(c1ccccc1)c1ccccc1. The first kappa shape index (κ1) is 46.5. The van der Waals surface area contributed by atoms with Crippen LogP contribution in [0.1, 0.15) is 77.5 Å². The Balaban J connectivity index is 1.06. The Morgan fingerprint density at radius 1 is 0.985 bits per heavy atom. The molecule has 0 saturated carbocycles. The minimum absolute atomic E-state index is 0.00711. The molecule has 67 heavy (non-hydrogen) atoms. The van der Waals surface area contributed by atoms with Crippen molar-refractivity contribution in [3.05, 3.63) is 95.5 Å². The lowest BCUT2D eigenvalue weighted by atomic mass is 9.95. The van der Waals surface area contributed by atoms with Gasteiger partial charge in [0.25, 0.3) is 8.32 Å². The van der Waals surface area contributed by atoms with Crippen molar-refractivity contribution >= 4 is 69.7 Å². The van der Waals surface area contributed by atoms with Crippen molar-refractivity contribution in [1.29, 1.82) is 0 Å². The molecular formula is C51H60ClF2N7O4SSi. The van der Waals surface area contributed by atoms with Gasteiger partial charge in [0.1, 0.15) is 29.8 Å². The van der Waals surface area contributed by atoms with Gasteiger partial charge in [0.2, 0.25) is 0 Å². The zero-order valence-corrected chi connectivity index (χ0v) is 41.2. The van der Waals surface area contributed by atoms with Crippen LogP contribution in [0, 0.1) is 5.82 Å². The van der Waals surface area contributed by atoms with Crippen LogP contribution in [-0.2, 0) is 15.6 Å². The third-order valence-electron chi connectivity index (χ3n) is 14.3. The zero-order valence-electron chi connectivity index (χ0n) is 38.6. The van der Waals surface area contributed by atoms with Crippen LogP contribution in [0.4, 0.5) is 14.6 Å². The van der Waals surface area contributed by atoms with Gasteiger partial charge in [-0.15, -0.1) is 0 Å². The Bertz CT molecular complexity index is 2670. The molecule has 1 N–H and O–H groups in total. The predicted octanol–water partition coefficient (Wildman–Crippen LogP) is 8.91. The summed E-state index contributed by atoms with van der Waals surface area (Å²) in [5.41, 5.74) is 1.68. The first-order chi connectivity index (χ1) is 32.5. The molecule has 4 saturated heterocycles. The van der Waals surface area contributed by atoms with Crippen LogP contribution in [-0.4, -0.2) is 118 Å². The third kappa shape index (κ3) is 8.87. The Morgan fingerprint density at radius 2 is 1.76 bits per heavy atom. The number of hydrogen-bond acceptors (Lipinski definition) is 11. The molecule has 4 aliphatic heterocycles. The maximum Gasteiger partial charge on any atom is 0.319 e. The van der Waals surface area contributed by atoms with E-state index in [9.17, 15) is 9.50 Å². The lowest BCUT2D eigenvalue weighted by Crippen LogP contribution is -2.66. The van der Waals surface area contributed by atoms with E-state index in [4.69, 9.17) is 45.6 Å². The summed E-state index contributed by atoms with van der Waals surface area (Å²) in [5, 5.41) is 19.5. The number of fused-ring (bicyclic) bond motifs is 3. The summed E-state index contributed by atoms with van der Waals surface area (Å²) in [6.07, 6.45) is 7.56. The van der Waals surface area contributed by atoms with Crippen molar-refractivity contribution in [3.8, 4) is 17.3 Å². The van der Waals surface area contributed by atoms with Crippen molar-refractivity contribution in [2.75, 3.05) is 62.4 Å². The van der Waals surface area contributed by atoms with Crippen molar-refractivity contribution in [3.63, 3.8) is 0 Å². The maximum absolute atomic E-state index is 18.0. The fourth-order valence-electron chi connectivity index (χ4n) is 11.2. The summed E-state index contributed by atoms with van der Waals surface area (Å²) in [6, 6.07) is 23.1. The van der Waals surface area contributed by atoms with Crippen LogP contribution in [0.3, 0.4) is 0 Å². The monoisotopic (exact) mass is 967 g/mol. The van der Waals surface area contributed by atoms with Gasteiger partial charge in [0.15, 0.2) is 12.0 Å². The third-order valence-corrected chi connectivity index (χ3v) is 20.8. The van der Waals surface area contributed by atoms with E-state index in [0.717, 1.165) is 55.5 Å². The van der Waals surface area contributed by atoms with E-state index >= 15 is 4.39 Å². The first-order valence-corrected chi connectivity index (χ1v) is 27.3. The molecule has 6 aromatic rings. The molecule has 7 heterocycles. The fraction of sp³-hybridized carbons (Fsp3) is 0.490. The quantitative estimate of drug-likeness (QED) is 0.0886. The van der Waals surface area contributed by atoms with E-state index in [1.165, 1.54) is 10.4 Å². The van der Waals surface area contributed by atoms with Crippen LogP contribution in [0.15, 0.2) is 79.1 Å². The molecule has 10 rings (SSSR count). The molecule has 4 aliphatic rings. The van der Waals surface area contributed by atoms with Gasteiger partial charge in [-0.1, -0.05) is 93.0 Å². The number of anilines is 1. The van der Waals surface area contributed by atoms with E-state index in [-0.39, 0.29) is 35.1 Å². The Kier molecular flexibility index (Phi) is 13.4. The average Bonchev–Trinajstić information content (AvgIpc) is 3.96. The molecule has 0 bridgehead atoms. The van der Waals surface area contributed by atoms with E-state index in [2.05, 4.69) is 74.2 Å². The number of alkyl halides is 1. The summed E-state index contributed by atoms with van der Waals surface area (Å²) in [6.45, 7) is 10.1. The van der Waals surface area contributed by atoms with Crippen molar-refractivity contribution in [2.24, 2.45) is 0 Å². The Hall–Kier alpha value is -4.22. The smallest absolute Gasteiger partial charge is 0.319 e. The van der Waals surface area contributed by atoms with Crippen LogP contribution in [0.5, 0.6) is 6.01 Å². The molecule has 3 aromatic carbocycles. The summed E-state index contributed by atoms with van der Waals surface area (Å²) >= 11 is 9.06. The minimum Gasteiger partial charge on any atom is -0.461 e. The number of β-amino-alcohol motifs (C(OH)–C–C–N with tert-alkyl or cyclic N) is 1. The molecule has 0 aliphatic carbocycles. The second-order valence-corrected chi connectivity index (χ2v) is 25.6. The summed E-state index contributed by atoms with van der Waals surface area (Å²) < 4.78 is 54.7. The van der Waals surface area contributed by atoms with Crippen molar-refractivity contribution in [1.82, 2.24) is 29.6 Å². The lowest BCUT2D eigenvalue weighted by Gasteiger charge is -2.43. The summed E-state index contributed by atoms with van der Waals surface area (Å²) in [7, 11) is -2.84. The highest BCUT2D eigenvalue weighted by molar-refractivity contribution is 7.99. The van der Waals surface area contributed by atoms with Gasteiger partial charge in [0, 0.05) is 72.9 Å². The number of hydrogen-bond donors (Lipinski definition) is 1. The van der Waals surface area contributed by atoms with Crippen LogP contribution in [0.2, 0.25) is 10.1 Å². The molecule has 3 aromatic heterocycles. The highest BCUT2D eigenvalue weighted by atomic mass is 35.5. The lowest BCUT2D eigenvalue weighted by molar-refractivity contribution is -0.0366. The number of benzene rings is 3. The van der Waals surface area contributed by atoms with Gasteiger partial charge in [0.05, 0.1) is 28.7 Å². The van der Waals surface area contributed by atoms with Gasteiger partial charge in [-0.05, 0) is 78.5 Å². The first-order valence-electron chi connectivity index (χ1n) is 23.9. The van der Waals surface area contributed by atoms with Crippen LogP contribution in [0.25, 0.3) is 33.1 Å². The van der Waals surface area contributed by atoms with Crippen LogP contribution < -0.4 is 20.0 Å². The molecule has 354 valence electrons. The fourth-order valence-corrected chi connectivity index (χ4v) is 17.0. The highest BCUT2D eigenvalue weighted by Gasteiger charge is 2.51. The number of aliphatic hydroxyl groups is 1. The molecule has 11 nitrogen and oxygen atoms in total. The standard InChI is InChI=1S/C51H60ClF2N7O4SSi/c1-50(2,3)67(36-14-6-4-7-15-36,37-16-8-5-9-17-37)65-24-12-18-38-41(52)26-42-39(29-56-61(42)43-19-10-11-23-63-43)44(38)47-45(54)46-40(28-55-47)48(59-22-25-66-32-35(62)31-59)58-49(57-46)64-33-51-20-13-21-60(51)30-34(53)27-51/h4-9,14-17,26,28-29,34-35,43,62H,10-13,18-25,27,30-33H2,1-3H3/t34-,35?,43?,51+/m1/s1. The normalized spacial score (nSPS) is 23.0. The van der Waals surface area contributed by atoms with Gasteiger partial charge in [-0.25, -0.2) is 13.5 Å². The van der Waals surface area contributed by atoms with Gasteiger partial charge >= 0.3 is 6.01 Å². The molecular weight excluding hydrogens is 908 g/mol. The largest absolute Gasteiger partial charge is 0.461 e. The van der Waals surface area contributed by atoms with Crippen molar-refractivity contribution < 1.29 is 27.8 Å². The molecule has 2 unspecified atom stereocenters. The van der Waals surface area contributed by atoms with Crippen molar-refractivity contribution in [2.45, 2.75) is 101 Å². The number of pyridine rings is 1. The average molecular weight is 969 g/mol. The van der Waals surface area contributed by atoms with E-state index in [1.807, 2.05) is 27.8 Å². The van der Waals surface area contributed by atoms with E-state index in [1.54, 1.807) is 24.2 Å². The number of rotatable bonds is 13. The van der Waals surface area contributed by atoms with Gasteiger partial charge in [-0.3, -0.25) is 9.88 Å². The van der Waals surface area contributed by atoms with E-state index in [0.29, 0.717) is 85.0 Å². The minimum atomic E-state index is -2.84. The molecule has 0 radical (unpaired) electrons. The summed E-state index contributed by atoms with van der Waals surface area (Å²) in [5.74, 6) is 1.13. The highest BCUT2D eigenvalue weighted by Crippen LogP contribution is 2.44. The number of aliphatic hydroxyl groups excluding tert-OH is 1. The second-order valence-electron chi connectivity index (χ2n) is 19.7. The van der Waals surface area contributed by atoms with Crippen LogP contribution >= 0.6 is 23.4 Å². The zero-order chi connectivity index (χ0) is 46.3. The molecule has 0 spiro atoms. The van der Waals surface area contributed by atoms with E-state index < -0.39 is 31.9 Å². The Labute approximate surface area is 401 Å². The molecule has 16 heteroatoms. The Morgan fingerprint density at radius 3 is 2.49 bits per heavy atom. The molecule has 4 fully saturated rings. The number of nitrogens with zero attached hydrogens (tertiary/aromatic N) is 7. The number of aromatic nitrogens is 5. The topological polar surface area (TPSA) is 111 Å². The summed E-state index contributed by atoms with van der Waals surface area (Å²) in [4.78, 5) is 18.8. The van der Waals surface area contributed by atoms with Gasteiger partial charge in [-0.2, -0.15) is 26.8 Å².